The third-order valence-electron chi connectivity index (χ3n) is 3.63. The van der Waals surface area contributed by atoms with E-state index in [9.17, 15) is 18.0 Å². The quantitative estimate of drug-likeness (QED) is 0.754. The van der Waals surface area contributed by atoms with Gasteiger partial charge < -0.3 is 5.32 Å². The van der Waals surface area contributed by atoms with Crippen molar-refractivity contribution >= 4 is 17.5 Å². The maximum atomic E-state index is 12.6. The van der Waals surface area contributed by atoms with Gasteiger partial charge in [-0.25, -0.2) is 0 Å². The smallest absolute Gasteiger partial charge is 0.356 e. The van der Waals surface area contributed by atoms with Crippen LogP contribution in [0.2, 0.25) is 5.02 Å². The third kappa shape index (κ3) is 5.48. The number of carbonyl (C=O) groups excluding carboxylic acids is 1. The molecule has 0 saturated carbocycles. The Balaban J connectivity index is 1.75. The summed E-state index contributed by atoms with van der Waals surface area (Å²) in [5.74, 6) is -0.459. The molecular formula is C15H19ClF3N5O. The van der Waals surface area contributed by atoms with Crippen LogP contribution < -0.4 is 5.32 Å². The number of halogens is 4. The van der Waals surface area contributed by atoms with E-state index in [4.69, 9.17) is 11.6 Å². The summed E-state index contributed by atoms with van der Waals surface area (Å²) in [7, 11) is 0. The van der Waals surface area contributed by atoms with E-state index in [1.165, 1.54) is 10.9 Å². The highest BCUT2D eigenvalue weighted by Crippen LogP contribution is 2.28. The van der Waals surface area contributed by atoms with Crippen molar-refractivity contribution in [3.63, 3.8) is 0 Å². The average Bonchev–Trinajstić information content (AvgIpc) is 3.09. The summed E-state index contributed by atoms with van der Waals surface area (Å²) in [5, 5.41) is 10.8. The molecule has 0 aliphatic heterocycles. The van der Waals surface area contributed by atoms with E-state index in [1.54, 1.807) is 24.7 Å². The number of rotatable bonds is 7. The maximum absolute atomic E-state index is 12.6. The highest BCUT2D eigenvalue weighted by molar-refractivity contribution is 6.30. The van der Waals surface area contributed by atoms with Crippen molar-refractivity contribution in [3.05, 3.63) is 34.9 Å². The first-order valence-electron chi connectivity index (χ1n) is 7.74. The molecule has 0 spiro atoms. The summed E-state index contributed by atoms with van der Waals surface area (Å²) < 4.78 is 40.7. The second-order valence-electron chi connectivity index (χ2n) is 5.82. The maximum Gasteiger partial charge on any atom is 0.435 e. The van der Waals surface area contributed by atoms with E-state index < -0.39 is 11.9 Å². The summed E-state index contributed by atoms with van der Waals surface area (Å²) in [5.41, 5.74) is -0.469. The monoisotopic (exact) mass is 377 g/mol. The minimum Gasteiger partial charge on any atom is -0.356 e. The van der Waals surface area contributed by atoms with Crippen molar-refractivity contribution in [1.82, 2.24) is 24.9 Å². The number of amides is 1. The lowest BCUT2D eigenvalue weighted by Crippen LogP contribution is -2.32. The van der Waals surface area contributed by atoms with Crippen molar-refractivity contribution in [2.24, 2.45) is 5.92 Å². The van der Waals surface area contributed by atoms with E-state index in [0.29, 0.717) is 36.8 Å². The van der Waals surface area contributed by atoms with Gasteiger partial charge in [-0.15, -0.1) is 0 Å². The molecule has 25 heavy (non-hydrogen) atoms. The molecule has 0 bridgehead atoms. The van der Waals surface area contributed by atoms with Crippen LogP contribution in [-0.2, 0) is 24.1 Å². The lowest BCUT2D eigenvalue weighted by Gasteiger charge is -2.12. The SMILES string of the molecule is Cc1cc(C(F)(F)F)nn1CCCNC(=O)C(C)Cn1cc(Cl)cn1. The van der Waals surface area contributed by atoms with Gasteiger partial charge in [-0.3, -0.25) is 14.2 Å². The highest BCUT2D eigenvalue weighted by atomic mass is 35.5. The number of alkyl halides is 3. The number of nitrogens with one attached hydrogen (secondary N) is 1. The van der Waals surface area contributed by atoms with Crippen LogP contribution in [0.3, 0.4) is 0 Å². The standard InChI is InChI=1S/C15H19ClF3N5O/c1-10(8-23-9-12(16)7-21-23)14(25)20-4-3-5-24-11(2)6-13(22-24)15(17,18)19/h6-7,9-10H,3-5,8H2,1-2H3,(H,20,25). The molecule has 10 heteroatoms. The number of carbonyl (C=O) groups is 1. The normalized spacial score (nSPS) is 13.0. The van der Waals surface area contributed by atoms with Crippen LogP contribution in [0.4, 0.5) is 13.2 Å². The first-order chi connectivity index (χ1) is 11.7. The van der Waals surface area contributed by atoms with Crippen molar-refractivity contribution in [2.45, 2.75) is 39.5 Å². The minimum atomic E-state index is -4.45. The topological polar surface area (TPSA) is 64.7 Å². The number of nitrogens with zero attached hydrogens (tertiary/aromatic N) is 4. The van der Waals surface area contributed by atoms with Crippen molar-refractivity contribution in [2.75, 3.05) is 6.54 Å². The van der Waals surface area contributed by atoms with Crippen LogP contribution >= 0.6 is 11.6 Å². The molecule has 1 atom stereocenters. The molecule has 0 aliphatic rings. The van der Waals surface area contributed by atoms with E-state index in [0.717, 1.165) is 6.07 Å². The van der Waals surface area contributed by atoms with Crippen molar-refractivity contribution < 1.29 is 18.0 Å². The largest absolute Gasteiger partial charge is 0.435 e. The molecule has 2 rings (SSSR count). The van der Waals surface area contributed by atoms with Crippen molar-refractivity contribution in [3.8, 4) is 0 Å². The lowest BCUT2D eigenvalue weighted by molar-refractivity contribution is -0.141. The van der Waals surface area contributed by atoms with Gasteiger partial charge in [0.15, 0.2) is 5.69 Å². The molecule has 1 unspecified atom stereocenters. The Labute approximate surface area is 147 Å². The molecule has 2 aromatic heterocycles. The number of aromatic nitrogens is 4. The van der Waals surface area contributed by atoms with Crippen LogP contribution in [0.5, 0.6) is 0 Å². The Bertz CT molecular complexity index is 725. The predicted molar refractivity (Wildman–Crippen MR) is 86.0 cm³/mol. The molecule has 2 aromatic rings. The third-order valence-corrected chi connectivity index (χ3v) is 3.82. The number of hydrogen-bond acceptors (Lipinski definition) is 3. The van der Waals surface area contributed by atoms with E-state index in [2.05, 4.69) is 15.5 Å². The van der Waals surface area contributed by atoms with Gasteiger partial charge in [-0.1, -0.05) is 18.5 Å². The molecule has 2 heterocycles. The van der Waals surface area contributed by atoms with Crippen LogP contribution in [0.15, 0.2) is 18.5 Å². The molecule has 1 N–H and O–H groups in total. The van der Waals surface area contributed by atoms with Gasteiger partial charge in [0.25, 0.3) is 0 Å². The number of aryl methyl sites for hydroxylation is 2. The molecule has 0 saturated heterocycles. The Kier molecular flexibility index (Phi) is 6.10. The van der Waals surface area contributed by atoms with Crippen LogP contribution in [0.1, 0.15) is 24.7 Å². The van der Waals surface area contributed by atoms with Crippen LogP contribution in [-0.4, -0.2) is 32.0 Å². The van der Waals surface area contributed by atoms with Crippen LogP contribution in [0.25, 0.3) is 0 Å². The number of hydrogen-bond donors (Lipinski definition) is 1. The summed E-state index contributed by atoms with van der Waals surface area (Å²) >= 11 is 5.76. The zero-order valence-electron chi connectivity index (χ0n) is 13.8. The predicted octanol–water partition coefficient (Wildman–Crippen LogP) is 2.90. The van der Waals surface area contributed by atoms with E-state index >= 15 is 0 Å². The Morgan fingerprint density at radius 1 is 1.44 bits per heavy atom. The Hall–Kier alpha value is -2.03. The fraction of sp³-hybridized carbons (Fsp3) is 0.533. The minimum absolute atomic E-state index is 0.153. The highest BCUT2D eigenvalue weighted by Gasteiger charge is 2.34. The van der Waals surface area contributed by atoms with Gasteiger partial charge in [-0.05, 0) is 19.4 Å². The van der Waals surface area contributed by atoms with Gasteiger partial charge >= 0.3 is 6.18 Å². The first-order valence-corrected chi connectivity index (χ1v) is 8.12. The first kappa shape index (κ1) is 19.3. The Morgan fingerprint density at radius 3 is 2.72 bits per heavy atom. The summed E-state index contributed by atoms with van der Waals surface area (Å²) in [4.78, 5) is 12.0. The fourth-order valence-electron chi connectivity index (χ4n) is 2.29. The van der Waals surface area contributed by atoms with Gasteiger partial charge in [0, 0.05) is 25.0 Å². The average molecular weight is 378 g/mol. The molecule has 0 aliphatic carbocycles. The molecule has 0 fully saturated rings. The molecule has 0 aromatic carbocycles. The molecular weight excluding hydrogens is 359 g/mol. The summed E-state index contributed by atoms with van der Waals surface area (Å²) in [6, 6.07) is 1.01. The summed E-state index contributed by atoms with van der Waals surface area (Å²) in [6.45, 7) is 4.37. The van der Waals surface area contributed by atoms with Crippen LogP contribution in [0, 0.1) is 12.8 Å². The zero-order valence-corrected chi connectivity index (χ0v) is 14.6. The van der Waals surface area contributed by atoms with E-state index in [1.807, 2.05) is 0 Å². The second-order valence-corrected chi connectivity index (χ2v) is 6.25. The molecule has 1 amide bonds. The zero-order chi connectivity index (χ0) is 18.6. The van der Waals surface area contributed by atoms with E-state index in [-0.39, 0.29) is 11.8 Å². The fourth-order valence-corrected chi connectivity index (χ4v) is 2.45. The Morgan fingerprint density at radius 2 is 2.16 bits per heavy atom. The molecule has 0 radical (unpaired) electrons. The van der Waals surface area contributed by atoms with Gasteiger partial charge in [0.2, 0.25) is 5.91 Å². The molecule has 138 valence electrons. The van der Waals surface area contributed by atoms with Gasteiger partial charge in [-0.2, -0.15) is 23.4 Å². The van der Waals surface area contributed by atoms with Gasteiger partial charge in [0.1, 0.15) is 0 Å². The summed E-state index contributed by atoms with van der Waals surface area (Å²) in [6.07, 6.45) is -0.848. The molecule has 6 nitrogen and oxygen atoms in total. The second kappa shape index (κ2) is 7.90. The lowest BCUT2D eigenvalue weighted by atomic mass is 10.1. The van der Waals surface area contributed by atoms with Gasteiger partial charge in [0.05, 0.1) is 23.7 Å². The van der Waals surface area contributed by atoms with Crippen molar-refractivity contribution in [1.29, 1.82) is 0 Å².